The number of hydrogen-bond acceptors (Lipinski definition) is 5. The first-order chi connectivity index (χ1) is 13.1. The molecule has 1 atom stereocenters. The molecule has 0 bridgehead atoms. The molecule has 0 saturated carbocycles. The highest BCUT2D eigenvalue weighted by Crippen LogP contribution is 2.21. The van der Waals surface area contributed by atoms with Crippen molar-refractivity contribution in [3.63, 3.8) is 0 Å². The molecule has 27 heavy (non-hydrogen) atoms. The van der Waals surface area contributed by atoms with Crippen molar-refractivity contribution in [2.24, 2.45) is 5.92 Å². The Morgan fingerprint density at radius 3 is 2.30 bits per heavy atom. The van der Waals surface area contributed by atoms with Crippen molar-refractivity contribution in [1.29, 1.82) is 0 Å². The number of hydrogen-bond donors (Lipinski definition) is 0. The molecule has 2 rings (SSSR count). The molecule has 2 aromatic rings. The Kier molecular flexibility index (Phi) is 8.75. The van der Waals surface area contributed by atoms with Gasteiger partial charge in [-0.1, -0.05) is 46.5 Å². The van der Waals surface area contributed by atoms with Crippen molar-refractivity contribution in [3.05, 3.63) is 36.7 Å². The van der Waals surface area contributed by atoms with Crippen LogP contribution in [-0.2, 0) is 4.79 Å². The first-order valence-corrected chi connectivity index (χ1v) is 9.91. The Bertz CT molecular complexity index is 684. The van der Waals surface area contributed by atoms with Crippen LogP contribution in [0.25, 0.3) is 11.4 Å². The van der Waals surface area contributed by atoms with E-state index in [0.717, 1.165) is 24.8 Å². The molecule has 0 N–H and O–H groups in total. The van der Waals surface area contributed by atoms with Gasteiger partial charge in [0.15, 0.2) is 11.6 Å². The van der Waals surface area contributed by atoms with Crippen molar-refractivity contribution in [2.45, 2.75) is 59.3 Å². The van der Waals surface area contributed by atoms with Gasteiger partial charge in [0.1, 0.15) is 5.75 Å². The number of carbonyl (C=O) groups is 1. The van der Waals surface area contributed by atoms with E-state index < -0.39 is 0 Å². The summed E-state index contributed by atoms with van der Waals surface area (Å²) < 4.78 is 11.1. The number of unbranched alkanes of at least 4 members (excludes halogenated alkanes) is 3. The summed E-state index contributed by atoms with van der Waals surface area (Å²) in [4.78, 5) is 20.7. The van der Waals surface area contributed by atoms with Gasteiger partial charge in [0.2, 0.25) is 0 Å². The fraction of sp³-hybridized carbons (Fsp3) is 0.500. The van der Waals surface area contributed by atoms with Gasteiger partial charge in [-0.3, -0.25) is 4.79 Å². The minimum atomic E-state index is -0.193. The number of esters is 1. The van der Waals surface area contributed by atoms with Crippen LogP contribution in [0.1, 0.15) is 59.3 Å². The van der Waals surface area contributed by atoms with Crippen LogP contribution in [0.4, 0.5) is 0 Å². The highest BCUT2D eigenvalue weighted by atomic mass is 16.5. The monoisotopic (exact) mass is 370 g/mol. The zero-order valence-electron chi connectivity index (χ0n) is 16.6. The molecule has 5 nitrogen and oxygen atoms in total. The van der Waals surface area contributed by atoms with Gasteiger partial charge in [-0.25, -0.2) is 9.97 Å². The Morgan fingerprint density at radius 1 is 0.963 bits per heavy atom. The van der Waals surface area contributed by atoms with E-state index in [0.29, 0.717) is 23.9 Å². The first kappa shape index (κ1) is 20.9. The average Bonchev–Trinajstić information content (AvgIpc) is 2.69. The molecule has 1 aromatic heterocycles. The highest BCUT2D eigenvalue weighted by Gasteiger charge is 2.14. The predicted molar refractivity (Wildman–Crippen MR) is 107 cm³/mol. The molecule has 146 valence electrons. The maximum absolute atomic E-state index is 12.0. The summed E-state index contributed by atoms with van der Waals surface area (Å²) in [5.41, 5.74) is 0.867. The molecule has 0 aliphatic rings. The largest absolute Gasteiger partial charge is 0.490 e. The van der Waals surface area contributed by atoms with Gasteiger partial charge < -0.3 is 9.47 Å². The molecule has 0 spiro atoms. The van der Waals surface area contributed by atoms with E-state index in [4.69, 9.17) is 9.47 Å². The molecule has 0 aliphatic heterocycles. The number of aromatic nitrogens is 2. The lowest BCUT2D eigenvalue weighted by Gasteiger charge is -2.10. The molecule has 0 fully saturated rings. The van der Waals surface area contributed by atoms with E-state index in [1.807, 2.05) is 19.1 Å². The molecule has 1 heterocycles. The lowest BCUT2D eigenvalue weighted by molar-refractivity contribution is -0.138. The molecular weight excluding hydrogens is 340 g/mol. The predicted octanol–water partition coefficient (Wildman–Crippen LogP) is 5.44. The number of ether oxygens (including phenoxy) is 2. The smallest absolute Gasteiger partial charge is 0.314 e. The third kappa shape index (κ3) is 7.00. The first-order valence-electron chi connectivity index (χ1n) is 9.91. The second kappa shape index (κ2) is 11.3. The van der Waals surface area contributed by atoms with Crippen LogP contribution >= 0.6 is 0 Å². The zero-order valence-corrected chi connectivity index (χ0v) is 16.6. The maximum Gasteiger partial charge on any atom is 0.314 e. The van der Waals surface area contributed by atoms with Gasteiger partial charge in [0, 0.05) is 5.56 Å². The van der Waals surface area contributed by atoms with Crippen LogP contribution in [0, 0.1) is 5.92 Å². The van der Waals surface area contributed by atoms with E-state index in [1.54, 1.807) is 24.5 Å². The number of carbonyl (C=O) groups excluding carboxylic acids is 1. The normalized spacial score (nSPS) is 11.8. The molecule has 1 aromatic carbocycles. The molecule has 0 amide bonds. The van der Waals surface area contributed by atoms with Crippen LogP contribution in [0.2, 0.25) is 0 Å². The van der Waals surface area contributed by atoms with Gasteiger partial charge in [-0.2, -0.15) is 0 Å². The van der Waals surface area contributed by atoms with Gasteiger partial charge in [-0.05, 0) is 37.1 Å². The number of benzene rings is 1. The lowest BCUT2D eigenvalue weighted by Crippen LogP contribution is -2.17. The fourth-order valence-corrected chi connectivity index (χ4v) is 2.70. The Labute approximate surface area is 162 Å². The van der Waals surface area contributed by atoms with E-state index >= 15 is 0 Å². The second-order valence-electron chi connectivity index (χ2n) is 6.79. The quantitative estimate of drug-likeness (QED) is 0.299. The summed E-state index contributed by atoms with van der Waals surface area (Å²) in [6.07, 6.45) is 9.87. The van der Waals surface area contributed by atoms with E-state index in [9.17, 15) is 4.79 Å². The van der Waals surface area contributed by atoms with Crippen molar-refractivity contribution >= 4 is 5.97 Å². The third-order valence-electron chi connectivity index (χ3n) is 4.35. The van der Waals surface area contributed by atoms with Crippen LogP contribution in [-0.4, -0.2) is 22.5 Å². The third-order valence-corrected chi connectivity index (χ3v) is 4.35. The molecule has 1 unspecified atom stereocenters. The van der Waals surface area contributed by atoms with Gasteiger partial charge in [0.25, 0.3) is 0 Å². The summed E-state index contributed by atoms with van der Waals surface area (Å²) >= 11 is 0. The summed E-state index contributed by atoms with van der Waals surface area (Å²) in [5.74, 6) is 1.56. The van der Waals surface area contributed by atoms with Crippen LogP contribution in [0.15, 0.2) is 36.7 Å². The summed E-state index contributed by atoms with van der Waals surface area (Å²) in [6, 6.07) is 7.25. The molecule has 5 heteroatoms. The van der Waals surface area contributed by atoms with E-state index in [2.05, 4.69) is 23.8 Å². The second-order valence-corrected chi connectivity index (χ2v) is 6.79. The number of nitrogens with zero attached hydrogens (tertiary/aromatic N) is 2. The average molecular weight is 370 g/mol. The standard InChI is InChI=1S/C22H30N2O3/c1-4-6-7-8-14-26-20-15-23-21(24-16-20)18-10-12-19(13-11-18)27-22(25)17(3)9-5-2/h10-13,15-17H,4-9,14H2,1-3H3. The summed E-state index contributed by atoms with van der Waals surface area (Å²) in [5, 5.41) is 0. The minimum absolute atomic E-state index is 0.0903. The van der Waals surface area contributed by atoms with Gasteiger partial charge in [0.05, 0.1) is 24.9 Å². The zero-order chi connectivity index (χ0) is 19.5. The van der Waals surface area contributed by atoms with Crippen molar-refractivity contribution in [2.75, 3.05) is 6.61 Å². The maximum atomic E-state index is 12.0. The molecule has 0 aliphatic carbocycles. The van der Waals surface area contributed by atoms with Crippen LogP contribution in [0.5, 0.6) is 11.5 Å². The van der Waals surface area contributed by atoms with E-state index in [-0.39, 0.29) is 11.9 Å². The SMILES string of the molecule is CCCCCCOc1cnc(-c2ccc(OC(=O)C(C)CCC)cc2)nc1. The Hall–Kier alpha value is -2.43. The van der Waals surface area contributed by atoms with Crippen LogP contribution in [0.3, 0.4) is 0 Å². The topological polar surface area (TPSA) is 61.3 Å². The fourth-order valence-electron chi connectivity index (χ4n) is 2.70. The molecule has 0 radical (unpaired) electrons. The molecule has 0 saturated heterocycles. The van der Waals surface area contributed by atoms with Gasteiger partial charge >= 0.3 is 5.97 Å². The van der Waals surface area contributed by atoms with Crippen molar-refractivity contribution in [3.8, 4) is 22.9 Å². The highest BCUT2D eigenvalue weighted by molar-refractivity contribution is 5.75. The van der Waals surface area contributed by atoms with Gasteiger partial charge in [-0.15, -0.1) is 0 Å². The number of rotatable bonds is 11. The van der Waals surface area contributed by atoms with Crippen LogP contribution < -0.4 is 9.47 Å². The Balaban J connectivity index is 1.88. The van der Waals surface area contributed by atoms with E-state index in [1.165, 1.54) is 19.3 Å². The molecular formula is C22H30N2O3. The van der Waals surface area contributed by atoms with Crippen molar-refractivity contribution < 1.29 is 14.3 Å². The minimum Gasteiger partial charge on any atom is -0.490 e. The summed E-state index contributed by atoms with van der Waals surface area (Å²) in [7, 11) is 0. The Morgan fingerprint density at radius 2 is 1.67 bits per heavy atom. The van der Waals surface area contributed by atoms with Crippen molar-refractivity contribution in [1.82, 2.24) is 9.97 Å². The summed E-state index contributed by atoms with van der Waals surface area (Å²) in [6.45, 7) is 6.83. The lowest BCUT2D eigenvalue weighted by atomic mass is 10.1.